The molecule has 2 fully saturated rings. The maximum Gasteiger partial charge on any atom is 0.251 e. The lowest BCUT2D eigenvalue weighted by Crippen LogP contribution is -2.65. The molecular weight excluding hydrogens is 707 g/mol. The predicted octanol–water partition coefficient (Wildman–Crippen LogP) is 7.11. The number of benzene rings is 4. The van der Waals surface area contributed by atoms with Gasteiger partial charge >= 0.3 is 0 Å². The topological polar surface area (TPSA) is 96.0 Å². The summed E-state index contributed by atoms with van der Waals surface area (Å²) in [6.45, 7) is 0.963. The number of rotatable bonds is 11. The highest BCUT2D eigenvalue weighted by atomic mass is 35.5. The van der Waals surface area contributed by atoms with E-state index in [1.807, 2.05) is 19.1 Å². The molecular formula is C37H35Cl3N2O8. The molecule has 0 saturated carbocycles. The van der Waals surface area contributed by atoms with Crippen LogP contribution in [-0.4, -0.2) is 63.3 Å². The van der Waals surface area contributed by atoms with Crippen molar-refractivity contribution in [3.05, 3.63) is 116 Å². The molecule has 2 unspecified atom stereocenters. The molecule has 0 spiro atoms. The molecule has 13 heteroatoms. The van der Waals surface area contributed by atoms with E-state index in [4.69, 9.17) is 63.2 Å². The molecule has 0 aromatic heterocycles. The largest absolute Gasteiger partial charge is 0.496 e. The quantitative estimate of drug-likeness (QED) is 0.161. The molecule has 4 aromatic carbocycles. The summed E-state index contributed by atoms with van der Waals surface area (Å²) in [5.41, 5.74) is -1.39. The van der Waals surface area contributed by atoms with E-state index in [0.717, 1.165) is 5.56 Å². The zero-order chi connectivity index (χ0) is 35.8. The highest BCUT2D eigenvalue weighted by Gasteiger charge is 2.73. The second kappa shape index (κ2) is 14.2. The van der Waals surface area contributed by atoms with Crippen LogP contribution in [0, 0.1) is 6.92 Å². The van der Waals surface area contributed by atoms with Gasteiger partial charge in [-0.2, -0.15) is 0 Å². The van der Waals surface area contributed by atoms with Gasteiger partial charge in [0.1, 0.15) is 36.2 Å². The van der Waals surface area contributed by atoms with Gasteiger partial charge in [0.2, 0.25) is 11.4 Å². The molecule has 4 aromatic rings. The van der Waals surface area contributed by atoms with Gasteiger partial charge in [-0.15, -0.1) is 0 Å². The summed E-state index contributed by atoms with van der Waals surface area (Å²) >= 11 is 19.6. The summed E-state index contributed by atoms with van der Waals surface area (Å²) in [6.07, 6.45) is 0. The van der Waals surface area contributed by atoms with E-state index < -0.39 is 36.5 Å². The van der Waals surface area contributed by atoms with Gasteiger partial charge < -0.3 is 28.4 Å². The van der Waals surface area contributed by atoms with Gasteiger partial charge in [-0.3, -0.25) is 19.4 Å². The van der Waals surface area contributed by atoms with E-state index in [1.54, 1.807) is 60.7 Å². The molecule has 2 aliphatic heterocycles. The lowest BCUT2D eigenvalue weighted by molar-refractivity contribution is -0.286. The average molecular weight is 742 g/mol. The van der Waals surface area contributed by atoms with Crippen molar-refractivity contribution >= 4 is 46.6 Å². The van der Waals surface area contributed by atoms with Crippen molar-refractivity contribution in [2.75, 3.05) is 41.7 Å². The lowest BCUT2D eigenvalue weighted by Gasteiger charge is -2.53. The Balaban J connectivity index is 1.78. The second-order valence-electron chi connectivity index (χ2n) is 11.7. The summed E-state index contributed by atoms with van der Waals surface area (Å²) in [7, 11) is 5.97. The number of nitrogens with zero attached hydrogens (tertiary/aromatic N) is 2. The Morgan fingerprint density at radius 3 is 1.56 bits per heavy atom. The first-order chi connectivity index (χ1) is 24.1. The zero-order valence-electron chi connectivity index (χ0n) is 28.1. The van der Waals surface area contributed by atoms with Gasteiger partial charge in [-0.1, -0.05) is 65.1 Å². The minimum absolute atomic E-state index is 0.0215. The molecule has 0 N–H and O–H groups in total. The van der Waals surface area contributed by atoms with Gasteiger partial charge in [-0.05, 0) is 66.1 Å². The third-order valence-corrected chi connectivity index (χ3v) is 10.1. The standard InChI is InChI=1S/C37H35Cl3N2O8/c1-22-12-13-23(16-26(22)39)18-41-32(43)20-49-36(41,34-28(45-2)8-6-9-29(34)46-3)37(35-30(47-4)10-7-11-31(35)48-5)42(33(44)21-50-37)19-24-14-15-25(38)17-27(24)40/h6-17H,18-21H2,1-5H3. The van der Waals surface area contributed by atoms with Crippen LogP contribution in [0.4, 0.5) is 0 Å². The van der Waals surface area contributed by atoms with Crippen LogP contribution in [0.5, 0.6) is 23.0 Å². The van der Waals surface area contributed by atoms with Crippen LogP contribution < -0.4 is 18.9 Å². The van der Waals surface area contributed by atoms with Gasteiger partial charge in [0.25, 0.3) is 11.8 Å². The van der Waals surface area contributed by atoms with Crippen LogP contribution in [-0.2, 0) is 43.6 Å². The summed E-state index contributed by atoms with van der Waals surface area (Å²) in [5.74, 6) is 0.341. The lowest BCUT2D eigenvalue weighted by atomic mass is 9.80. The van der Waals surface area contributed by atoms with Gasteiger partial charge in [0.05, 0.1) is 46.1 Å². The van der Waals surface area contributed by atoms with E-state index in [2.05, 4.69) is 0 Å². The highest BCUT2D eigenvalue weighted by molar-refractivity contribution is 6.35. The number of amides is 2. The molecule has 0 aliphatic carbocycles. The third-order valence-electron chi connectivity index (χ3n) is 9.08. The summed E-state index contributed by atoms with van der Waals surface area (Å²) < 4.78 is 37.7. The molecule has 2 amide bonds. The van der Waals surface area contributed by atoms with Crippen molar-refractivity contribution < 1.29 is 38.0 Å². The van der Waals surface area contributed by atoms with E-state index >= 15 is 0 Å². The van der Waals surface area contributed by atoms with E-state index in [0.29, 0.717) is 49.2 Å². The van der Waals surface area contributed by atoms with Crippen molar-refractivity contribution in [2.24, 2.45) is 0 Å². The van der Waals surface area contributed by atoms with Crippen LogP contribution in [0.25, 0.3) is 0 Å². The number of aryl methyl sites for hydroxylation is 1. The number of hydrogen-bond donors (Lipinski definition) is 0. The summed E-state index contributed by atoms with van der Waals surface area (Å²) in [5, 5.41) is 1.25. The Bertz CT molecular complexity index is 1910. The molecule has 2 atom stereocenters. The number of ether oxygens (including phenoxy) is 6. The average Bonchev–Trinajstić information content (AvgIpc) is 3.62. The van der Waals surface area contributed by atoms with Crippen LogP contribution >= 0.6 is 34.8 Å². The Morgan fingerprint density at radius 2 is 1.12 bits per heavy atom. The van der Waals surface area contributed by atoms with Gasteiger partial charge in [0.15, 0.2) is 0 Å². The third kappa shape index (κ3) is 5.69. The zero-order valence-corrected chi connectivity index (χ0v) is 30.3. The number of hydrogen-bond acceptors (Lipinski definition) is 8. The SMILES string of the molecule is COc1cccc(OC)c1C1(C2(c3c(OC)cccc3OC)OCC(=O)N2Cc2ccc(Cl)cc2Cl)OCC(=O)N1Cc1ccc(C)c(Cl)c1. The molecule has 2 heterocycles. The first-order valence-corrected chi connectivity index (χ1v) is 16.7. The van der Waals surface area contributed by atoms with Crippen molar-refractivity contribution in [1.82, 2.24) is 9.80 Å². The molecule has 0 radical (unpaired) electrons. The van der Waals surface area contributed by atoms with E-state index in [9.17, 15) is 9.59 Å². The molecule has 10 nitrogen and oxygen atoms in total. The Morgan fingerprint density at radius 1 is 0.640 bits per heavy atom. The fourth-order valence-electron chi connectivity index (χ4n) is 6.82. The molecule has 2 saturated heterocycles. The number of halogens is 3. The maximum absolute atomic E-state index is 14.4. The van der Waals surface area contributed by atoms with Crippen molar-refractivity contribution in [3.8, 4) is 23.0 Å². The normalized spacial score (nSPS) is 20.4. The van der Waals surface area contributed by atoms with Gasteiger partial charge in [-0.25, -0.2) is 0 Å². The van der Waals surface area contributed by atoms with Crippen LogP contribution in [0.15, 0.2) is 72.8 Å². The van der Waals surface area contributed by atoms with Crippen LogP contribution in [0.3, 0.4) is 0 Å². The van der Waals surface area contributed by atoms with Crippen molar-refractivity contribution in [2.45, 2.75) is 31.5 Å². The fourth-order valence-corrected chi connectivity index (χ4v) is 7.49. The Hall–Kier alpha value is -4.19. The maximum atomic E-state index is 14.4. The van der Waals surface area contributed by atoms with Crippen LogP contribution in [0.2, 0.25) is 15.1 Å². The molecule has 2 aliphatic rings. The monoisotopic (exact) mass is 740 g/mol. The number of methoxy groups -OCH3 is 4. The van der Waals surface area contributed by atoms with Crippen molar-refractivity contribution in [1.29, 1.82) is 0 Å². The second-order valence-corrected chi connectivity index (χ2v) is 13.0. The minimum atomic E-state index is -2.03. The van der Waals surface area contributed by atoms with E-state index in [-0.39, 0.29) is 24.2 Å². The molecule has 0 bridgehead atoms. The van der Waals surface area contributed by atoms with E-state index in [1.165, 1.54) is 38.2 Å². The predicted molar refractivity (Wildman–Crippen MR) is 188 cm³/mol. The highest BCUT2D eigenvalue weighted by Crippen LogP contribution is 2.62. The minimum Gasteiger partial charge on any atom is -0.496 e. The van der Waals surface area contributed by atoms with Crippen LogP contribution in [0.1, 0.15) is 27.8 Å². The number of carbonyl (C=O) groups excluding carboxylic acids is 2. The molecule has 262 valence electrons. The summed E-state index contributed by atoms with van der Waals surface area (Å²) in [4.78, 5) is 31.9. The molecule has 6 rings (SSSR count). The van der Waals surface area contributed by atoms with Crippen molar-refractivity contribution in [3.63, 3.8) is 0 Å². The first-order valence-electron chi connectivity index (χ1n) is 15.6. The fraction of sp³-hybridized carbons (Fsp3) is 0.297. The Labute approximate surface area is 305 Å². The Kier molecular flexibility index (Phi) is 10.1. The molecule has 50 heavy (non-hydrogen) atoms. The van der Waals surface area contributed by atoms with Gasteiger partial charge in [0, 0.05) is 21.6 Å². The number of carbonyl (C=O) groups is 2. The first kappa shape index (κ1) is 35.6. The smallest absolute Gasteiger partial charge is 0.251 e. The summed E-state index contributed by atoms with van der Waals surface area (Å²) in [6, 6.07) is 20.9.